The fourth-order valence-electron chi connectivity index (χ4n) is 2.71. The van der Waals surface area contributed by atoms with Crippen molar-refractivity contribution in [2.75, 3.05) is 11.9 Å². The van der Waals surface area contributed by atoms with Crippen molar-refractivity contribution in [3.05, 3.63) is 24.4 Å². The monoisotopic (exact) mass is 272 g/mol. The summed E-state index contributed by atoms with van der Waals surface area (Å²) in [7, 11) is 0. The molecule has 5 heteroatoms. The number of H-pyrrole nitrogens is 1. The minimum atomic E-state index is 0.0799. The second-order valence-electron chi connectivity index (χ2n) is 5.41. The molecule has 2 aromatic rings. The molecule has 1 unspecified atom stereocenters. The molecule has 3 N–H and O–H groups in total. The molecule has 20 heavy (non-hydrogen) atoms. The highest BCUT2D eigenvalue weighted by atomic mass is 16.1. The number of hydrogen-bond donors (Lipinski definition) is 3. The van der Waals surface area contributed by atoms with Crippen LogP contribution in [0, 0.1) is 0 Å². The van der Waals surface area contributed by atoms with Crippen LogP contribution in [0.2, 0.25) is 0 Å². The van der Waals surface area contributed by atoms with E-state index in [-0.39, 0.29) is 5.91 Å². The van der Waals surface area contributed by atoms with Crippen molar-refractivity contribution < 1.29 is 4.79 Å². The van der Waals surface area contributed by atoms with Crippen LogP contribution in [-0.4, -0.2) is 28.7 Å². The summed E-state index contributed by atoms with van der Waals surface area (Å²) < 4.78 is 0. The van der Waals surface area contributed by atoms with Crippen LogP contribution in [-0.2, 0) is 4.79 Å². The van der Waals surface area contributed by atoms with E-state index in [1.807, 2.05) is 18.2 Å². The molecule has 0 bridgehead atoms. The molecule has 0 saturated carbocycles. The van der Waals surface area contributed by atoms with E-state index in [1.54, 1.807) is 6.20 Å². The predicted octanol–water partition coefficient (Wildman–Crippen LogP) is 2.42. The van der Waals surface area contributed by atoms with Gasteiger partial charge in [0.2, 0.25) is 5.91 Å². The molecule has 3 rings (SSSR count). The Bertz CT molecular complexity index is 586. The number of aromatic amines is 1. The number of piperidine rings is 1. The first-order valence-corrected chi connectivity index (χ1v) is 7.27. The van der Waals surface area contributed by atoms with Gasteiger partial charge in [-0.3, -0.25) is 9.89 Å². The van der Waals surface area contributed by atoms with Gasteiger partial charge in [-0.05, 0) is 44.0 Å². The number of hydrogen-bond acceptors (Lipinski definition) is 3. The minimum absolute atomic E-state index is 0.0799. The van der Waals surface area contributed by atoms with Gasteiger partial charge in [-0.1, -0.05) is 6.42 Å². The van der Waals surface area contributed by atoms with Crippen LogP contribution in [0.15, 0.2) is 24.4 Å². The van der Waals surface area contributed by atoms with E-state index < -0.39 is 0 Å². The molecule has 1 aliphatic rings. The van der Waals surface area contributed by atoms with Crippen LogP contribution in [0.5, 0.6) is 0 Å². The summed E-state index contributed by atoms with van der Waals surface area (Å²) in [4.78, 5) is 12.0. The van der Waals surface area contributed by atoms with Gasteiger partial charge in [-0.15, -0.1) is 0 Å². The van der Waals surface area contributed by atoms with E-state index in [9.17, 15) is 4.79 Å². The van der Waals surface area contributed by atoms with Gasteiger partial charge in [0.15, 0.2) is 0 Å². The fourth-order valence-corrected chi connectivity index (χ4v) is 2.71. The molecule has 0 aliphatic carbocycles. The maximum atomic E-state index is 12.0. The SMILES string of the molecule is O=C(CCC1CCCCN1)Nc1ccc2cn[nH]c2c1. The van der Waals surface area contributed by atoms with Gasteiger partial charge in [0.05, 0.1) is 11.7 Å². The lowest BCUT2D eigenvalue weighted by atomic mass is 10.0. The smallest absolute Gasteiger partial charge is 0.224 e. The first kappa shape index (κ1) is 13.1. The molecule has 106 valence electrons. The number of anilines is 1. The number of aromatic nitrogens is 2. The molecule has 5 nitrogen and oxygen atoms in total. The molecule has 1 atom stereocenters. The topological polar surface area (TPSA) is 69.8 Å². The van der Waals surface area contributed by atoms with Crippen molar-refractivity contribution >= 4 is 22.5 Å². The molecule has 0 spiro atoms. The molecule has 1 saturated heterocycles. The second kappa shape index (κ2) is 6.05. The van der Waals surface area contributed by atoms with Gasteiger partial charge >= 0.3 is 0 Å². The Morgan fingerprint density at radius 2 is 2.35 bits per heavy atom. The van der Waals surface area contributed by atoms with Crippen LogP contribution < -0.4 is 10.6 Å². The average molecular weight is 272 g/mol. The van der Waals surface area contributed by atoms with E-state index >= 15 is 0 Å². The zero-order valence-corrected chi connectivity index (χ0v) is 11.5. The molecular formula is C15H20N4O. The standard InChI is InChI=1S/C15H20N4O/c20-15(7-6-12-3-1-2-8-16-12)18-13-5-4-11-10-17-19-14(11)9-13/h4-5,9-10,12,16H,1-3,6-8H2,(H,17,19)(H,18,20). The molecule has 1 amide bonds. The molecule has 1 aliphatic heterocycles. The lowest BCUT2D eigenvalue weighted by Gasteiger charge is -2.23. The van der Waals surface area contributed by atoms with E-state index in [1.165, 1.54) is 19.3 Å². The number of rotatable bonds is 4. The van der Waals surface area contributed by atoms with Crippen molar-refractivity contribution in [1.29, 1.82) is 0 Å². The Morgan fingerprint density at radius 1 is 1.40 bits per heavy atom. The quantitative estimate of drug-likeness (QED) is 0.800. The zero-order chi connectivity index (χ0) is 13.8. The van der Waals surface area contributed by atoms with Crippen LogP contribution in [0.3, 0.4) is 0 Å². The Kier molecular flexibility index (Phi) is 3.97. The van der Waals surface area contributed by atoms with Gasteiger partial charge in [-0.2, -0.15) is 5.10 Å². The van der Waals surface area contributed by atoms with Gasteiger partial charge in [0.25, 0.3) is 0 Å². The number of amides is 1. The van der Waals surface area contributed by atoms with Gasteiger partial charge in [0, 0.05) is 23.5 Å². The van der Waals surface area contributed by atoms with Crippen LogP contribution in [0.25, 0.3) is 10.9 Å². The summed E-state index contributed by atoms with van der Waals surface area (Å²) in [6, 6.07) is 6.29. The highest BCUT2D eigenvalue weighted by Crippen LogP contribution is 2.17. The normalized spacial score (nSPS) is 19.1. The summed E-state index contributed by atoms with van der Waals surface area (Å²) in [5.41, 5.74) is 1.76. The number of carbonyl (C=O) groups excluding carboxylic acids is 1. The molecule has 1 fully saturated rings. The zero-order valence-electron chi connectivity index (χ0n) is 11.5. The highest BCUT2D eigenvalue weighted by molar-refractivity contribution is 5.93. The summed E-state index contributed by atoms with van der Waals surface area (Å²) in [5, 5.41) is 14.3. The maximum Gasteiger partial charge on any atom is 0.224 e. The van der Waals surface area contributed by atoms with Crippen molar-refractivity contribution in [2.45, 2.75) is 38.1 Å². The Morgan fingerprint density at radius 3 is 3.20 bits per heavy atom. The summed E-state index contributed by atoms with van der Waals surface area (Å²) >= 11 is 0. The highest BCUT2D eigenvalue weighted by Gasteiger charge is 2.14. The first-order valence-electron chi connectivity index (χ1n) is 7.27. The molecule has 2 heterocycles. The van der Waals surface area contributed by atoms with Gasteiger partial charge in [-0.25, -0.2) is 0 Å². The van der Waals surface area contributed by atoms with Crippen LogP contribution in [0.1, 0.15) is 32.1 Å². The number of nitrogens with one attached hydrogen (secondary N) is 3. The molecule has 1 aromatic carbocycles. The van der Waals surface area contributed by atoms with Crippen molar-refractivity contribution in [1.82, 2.24) is 15.5 Å². The van der Waals surface area contributed by atoms with Crippen molar-refractivity contribution in [3.8, 4) is 0 Å². The number of nitrogens with zero attached hydrogens (tertiary/aromatic N) is 1. The predicted molar refractivity (Wildman–Crippen MR) is 79.6 cm³/mol. The van der Waals surface area contributed by atoms with Crippen LogP contribution in [0.4, 0.5) is 5.69 Å². The summed E-state index contributed by atoms with van der Waals surface area (Å²) in [6.45, 7) is 1.09. The average Bonchev–Trinajstić information content (AvgIpc) is 2.94. The fraction of sp³-hybridized carbons (Fsp3) is 0.467. The van der Waals surface area contributed by atoms with E-state index in [0.29, 0.717) is 12.5 Å². The number of carbonyl (C=O) groups is 1. The van der Waals surface area contributed by atoms with E-state index in [2.05, 4.69) is 20.8 Å². The van der Waals surface area contributed by atoms with Crippen molar-refractivity contribution in [3.63, 3.8) is 0 Å². The molecule has 1 aromatic heterocycles. The molecular weight excluding hydrogens is 252 g/mol. The lowest BCUT2D eigenvalue weighted by molar-refractivity contribution is -0.116. The van der Waals surface area contributed by atoms with Crippen LogP contribution >= 0.6 is 0 Å². The van der Waals surface area contributed by atoms with E-state index in [0.717, 1.165) is 29.6 Å². The largest absolute Gasteiger partial charge is 0.326 e. The van der Waals surface area contributed by atoms with Gasteiger partial charge < -0.3 is 10.6 Å². The minimum Gasteiger partial charge on any atom is -0.326 e. The summed E-state index contributed by atoms with van der Waals surface area (Å²) in [6.07, 6.45) is 6.97. The van der Waals surface area contributed by atoms with Crippen molar-refractivity contribution in [2.24, 2.45) is 0 Å². The first-order chi connectivity index (χ1) is 9.81. The second-order valence-corrected chi connectivity index (χ2v) is 5.41. The van der Waals surface area contributed by atoms with Gasteiger partial charge in [0.1, 0.15) is 0 Å². The maximum absolute atomic E-state index is 12.0. The Balaban J connectivity index is 1.52. The lowest BCUT2D eigenvalue weighted by Crippen LogP contribution is -2.34. The Hall–Kier alpha value is -1.88. The third-order valence-corrected chi connectivity index (χ3v) is 3.86. The van der Waals surface area contributed by atoms with E-state index in [4.69, 9.17) is 0 Å². The summed E-state index contributed by atoms with van der Waals surface area (Å²) in [5.74, 6) is 0.0799. The molecule has 0 radical (unpaired) electrons. The number of benzene rings is 1. The Labute approximate surface area is 118 Å². The third-order valence-electron chi connectivity index (χ3n) is 3.86. The third kappa shape index (κ3) is 3.17. The number of fused-ring (bicyclic) bond motifs is 1.